The number of ether oxygens (including phenoxy) is 2. The van der Waals surface area contributed by atoms with Crippen LogP contribution in [0.2, 0.25) is 0 Å². The van der Waals surface area contributed by atoms with Crippen LogP contribution in [-0.2, 0) is 20.9 Å². The molecule has 0 bridgehead atoms. The molecule has 0 aliphatic rings. The normalized spacial score (nSPS) is 13.1. The van der Waals surface area contributed by atoms with Gasteiger partial charge in [0.05, 0.1) is 6.61 Å². The van der Waals surface area contributed by atoms with Gasteiger partial charge in [0, 0.05) is 6.61 Å². The molecule has 1 rings (SSSR count). The third kappa shape index (κ3) is 6.94. The van der Waals surface area contributed by atoms with Gasteiger partial charge < -0.3 is 15.2 Å². The minimum absolute atomic E-state index is 0.379. The molecule has 19 heavy (non-hydrogen) atoms. The summed E-state index contributed by atoms with van der Waals surface area (Å²) in [6, 6.07) is 9.25. The van der Waals surface area contributed by atoms with Crippen molar-refractivity contribution in [3.8, 4) is 0 Å². The molecular weight excluding hydrogens is 242 g/mol. The first-order chi connectivity index (χ1) is 8.88. The third-order valence-corrected chi connectivity index (χ3v) is 2.39. The monoisotopic (exact) mass is 265 g/mol. The summed E-state index contributed by atoms with van der Waals surface area (Å²) < 4.78 is 10.7. The molecular formula is C15H23NO3. The fraction of sp³-hybridized carbons (Fsp3) is 0.533. The van der Waals surface area contributed by atoms with Gasteiger partial charge in [-0.1, -0.05) is 30.3 Å². The highest BCUT2D eigenvalue weighted by molar-refractivity contribution is 5.75. The Morgan fingerprint density at radius 1 is 1.26 bits per heavy atom. The van der Waals surface area contributed by atoms with Gasteiger partial charge in [0.15, 0.2) is 0 Å². The summed E-state index contributed by atoms with van der Waals surface area (Å²) in [7, 11) is 0. The Balaban J connectivity index is 2.20. The second-order valence-corrected chi connectivity index (χ2v) is 5.47. The first-order valence-corrected chi connectivity index (χ1v) is 6.48. The van der Waals surface area contributed by atoms with E-state index in [2.05, 4.69) is 0 Å². The Morgan fingerprint density at radius 2 is 1.89 bits per heavy atom. The predicted octanol–water partition coefficient (Wildman–Crippen LogP) is 2.26. The zero-order valence-electron chi connectivity index (χ0n) is 11.9. The van der Waals surface area contributed by atoms with E-state index >= 15 is 0 Å². The zero-order chi connectivity index (χ0) is 14.3. The molecule has 1 aromatic carbocycles. The maximum Gasteiger partial charge on any atom is 0.323 e. The van der Waals surface area contributed by atoms with Gasteiger partial charge in [0.25, 0.3) is 0 Å². The van der Waals surface area contributed by atoms with Crippen molar-refractivity contribution >= 4 is 5.97 Å². The van der Waals surface area contributed by atoms with E-state index < -0.39 is 11.6 Å². The second-order valence-electron chi connectivity index (χ2n) is 5.47. The molecule has 0 spiro atoms. The lowest BCUT2D eigenvalue weighted by Gasteiger charge is -2.22. The summed E-state index contributed by atoms with van der Waals surface area (Å²) in [5.41, 5.74) is 6.35. The molecule has 0 aliphatic carbocycles. The van der Waals surface area contributed by atoms with Crippen LogP contribution in [0.5, 0.6) is 0 Å². The molecule has 0 radical (unpaired) electrons. The predicted molar refractivity (Wildman–Crippen MR) is 74.5 cm³/mol. The summed E-state index contributed by atoms with van der Waals surface area (Å²) >= 11 is 0. The average molecular weight is 265 g/mol. The molecule has 4 heteroatoms. The highest BCUT2D eigenvalue weighted by atomic mass is 16.6. The molecule has 2 N–H and O–H groups in total. The number of rotatable bonds is 6. The van der Waals surface area contributed by atoms with Crippen molar-refractivity contribution in [1.29, 1.82) is 0 Å². The Hall–Kier alpha value is -1.39. The molecule has 1 aromatic rings. The van der Waals surface area contributed by atoms with E-state index in [0.29, 0.717) is 19.6 Å². The van der Waals surface area contributed by atoms with Crippen molar-refractivity contribution in [3.63, 3.8) is 0 Å². The average Bonchev–Trinajstić information content (AvgIpc) is 2.33. The number of hydrogen-bond donors (Lipinski definition) is 1. The van der Waals surface area contributed by atoms with E-state index in [1.54, 1.807) is 0 Å². The number of benzene rings is 1. The Kier molecular flexibility index (Phi) is 5.99. The molecule has 0 aromatic heterocycles. The van der Waals surface area contributed by atoms with E-state index in [-0.39, 0.29) is 5.97 Å². The smallest absolute Gasteiger partial charge is 0.323 e. The minimum Gasteiger partial charge on any atom is -0.459 e. The van der Waals surface area contributed by atoms with Gasteiger partial charge in [0.2, 0.25) is 0 Å². The molecule has 0 amide bonds. The fourth-order valence-corrected chi connectivity index (χ4v) is 1.47. The van der Waals surface area contributed by atoms with Crippen molar-refractivity contribution in [3.05, 3.63) is 35.9 Å². The van der Waals surface area contributed by atoms with Crippen LogP contribution in [0.3, 0.4) is 0 Å². The number of carbonyl (C=O) groups is 1. The molecule has 106 valence electrons. The molecule has 0 aliphatic heterocycles. The van der Waals surface area contributed by atoms with Gasteiger partial charge in [0.1, 0.15) is 11.6 Å². The number of nitrogens with two attached hydrogens (primary N) is 1. The fourth-order valence-electron chi connectivity index (χ4n) is 1.47. The number of esters is 1. The van der Waals surface area contributed by atoms with Crippen molar-refractivity contribution in [2.75, 3.05) is 6.61 Å². The quantitative estimate of drug-likeness (QED) is 0.633. The molecule has 0 saturated heterocycles. The van der Waals surface area contributed by atoms with Gasteiger partial charge in [-0.25, -0.2) is 0 Å². The molecule has 4 nitrogen and oxygen atoms in total. The maximum atomic E-state index is 11.6. The highest BCUT2D eigenvalue weighted by Crippen LogP contribution is 2.09. The number of carbonyl (C=O) groups excluding carboxylic acids is 1. The molecule has 0 heterocycles. The summed E-state index contributed by atoms with van der Waals surface area (Å²) in [6.45, 7) is 6.44. The lowest BCUT2D eigenvalue weighted by molar-refractivity contribution is -0.157. The number of hydrogen-bond acceptors (Lipinski definition) is 4. The van der Waals surface area contributed by atoms with E-state index in [1.165, 1.54) is 0 Å². The Morgan fingerprint density at radius 3 is 2.47 bits per heavy atom. The van der Waals surface area contributed by atoms with Gasteiger partial charge >= 0.3 is 5.97 Å². The van der Waals surface area contributed by atoms with Crippen LogP contribution in [0.15, 0.2) is 30.3 Å². The van der Waals surface area contributed by atoms with Crippen LogP contribution >= 0.6 is 0 Å². The van der Waals surface area contributed by atoms with Gasteiger partial charge in [-0.05, 0) is 32.8 Å². The maximum absolute atomic E-state index is 11.6. The van der Waals surface area contributed by atoms with Gasteiger partial charge in [-0.2, -0.15) is 0 Å². The molecule has 0 saturated carbocycles. The van der Waals surface area contributed by atoms with Crippen molar-refractivity contribution in [2.24, 2.45) is 5.73 Å². The van der Waals surface area contributed by atoms with Crippen LogP contribution in [-0.4, -0.2) is 24.2 Å². The first-order valence-electron chi connectivity index (χ1n) is 6.48. The zero-order valence-corrected chi connectivity index (χ0v) is 11.9. The molecule has 0 fully saturated rings. The summed E-state index contributed by atoms with van der Waals surface area (Å²) in [6.07, 6.45) is 0.460. The Bertz CT molecular complexity index is 384. The van der Waals surface area contributed by atoms with Crippen molar-refractivity contribution < 1.29 is 14.3 Å². The standard InChI is InChI=1S/C15H23NO3/c1-15(2,3)19-14(17)13(16)9-10-18-11-12-7-5-4-6-8-12/h4-8,13H,9-11,16H2,1-3H3/t13-/m0/s1. The molecule has 0 unspecified atom stereocenters. The second kappa shape index (κ2) is 7.26. The topological polar surface area (TPSA) is 61.5 Å². The van der Waals surface area contributed by atoms with Crippen LogP contribution in [0.25, 0.3) is 0 Å². The van der Waals surface area contributed by atoms with Gasteiger partial charge in [-0.3, -0.25) is 4.79 Å². The SMILES string of the molecule is CC(C)(C)OC(=O)[C@@H](N)CCOCc1ccccc1. The van der Waals surface area contributed by atoms with Crippen LogP contribution < -0.4 is 5.73 Å². The van der Waals surface area contributed by atoms with E-state index in [9.17, 15) is 4.79 Å². The van der Waals surface area contributed by atoms with E-state index in [0.717, 1.165) is 5.56 Å². The van der Waals surface area contributed by atoms with Crippen LogP contribution in [0, 0.1) is 0 Å². The highest BCUT2D eigenvalue weighted by Gasteiger charge is 2.21. The lowest BCUT2D eigenvalue weighted by atomic mass is 10.1. The van der Waals surface area contributed by atoms with Crippen molar-refractivity contribution in [1.82, 2.24) is 0 Å². The summed E-state index contributed by atoms with van der Waals surface area (Å²) in [4.78, 5) is 11.6. The molecule has 1 atom stereocenters. The first kappa shape index (κ1) is 15.7. The van der Waals surface area contributed by atoms with Gasteiger partial charge in [-0.15, -0.1) is 0 Å². The largest absolute Gasteiger partial charge is 0.459 e. The third-order valence-electron chi connectivity index (χ3n) is 2.39. The van der Waals surface area contributed by atoms with Crippen LogP contribution in [0.1, 0.15) is 32.8 Å². The summed E-state index contributed by atoms with van der Waals surface area (Å²) in [5, 5.41) is 0. The minimum atomic E-state index is -0.630. The van der Waals surface area contributed by atoms with Crippen LogP contribution in [0.4, 0.5) is 0 Å². The lowest BCUT2D eigenvalue weighted by Crippen LogP contribution is -2.38. The summed E-state index contributed by atoms with van der Waals surface area (Å²) in [5.74, 6) is -0.379. The Labute approximate surface area is 114 Å². The van der Waals surface area contributed by atoms with E-state index in [1.807, 2.05) is 51.1 Å². The van der Waals surface area contributed by atoms with E-state index in [4.69, 9.17) is 15.2 Å². The van der Waals surface area contributed by atoms with Crippen molar-refractivity contribution in [2.45, 2.75) is 45.4 Å².